The van der Waals surface area contributed by atoms with E-state index in [1.165, 1.54) is 6.07 Å². The third kappa shape index (κ3) is 4.42. The SMILES string of the molecule is CC(C)(CNC(=O)C1CCN(c2ccccc2[N+](=O)[O-])CC1)c1ccc2c(c1)OCO2. The number of amides is 1. The Kier molecular flexibility index (Phi) is 5.71. The second kappa shape index (κ2) is 8.45. The number of carbonyl (C=O) groups excluding carboxylic acids is 1. The van der Waals surface area contributed by atoms with E-state index in [4.69, 9.17) is 9.47 Å². The zero-order valence-corrected chi connectivity index (χ0v) is 17.8. The Morgan fingerprint density at radius 3 is 2.61 bits per heavy atom. The van der Waals surface area contributed by atoms with Crippen LogP contribution in [-0.4, -0.2) is 37.3 Å². The van der Waals surface area contributed by atoms with Crippen molar-refractivity contribution in [1.82, 2.24) is 5.32 Å². The third-order valence-electron chi connectivity index (χ3n) is 6.14. The maximum Gasteiger partial charge on any atom is 0.292 e. The fourth-order valence-corrected chi connectivity index (χ4v) is 4.14. The van der Waals surface area contributed by atoms with Crippen molar-refractivity contribution in [3.63, 3.8) is 0 Å². The van der Waals surface area contributed by atoms with Crippen LogP contribution in [0, 0.1) is 16.0 Å². The smallest absolute Gasteiger partial charge is 0.292 e. The maximum absolute atomic E-state index is 12.8. The Hall–Kier alpha value is -3.29. The molecule has 31 heavy (non-hydrogen) atoms. The Morgan fingerprint density at radius 1 is 1.16 bits per heavy atom. The summed E-state index contributed by atoms with van der Waals surface area (Å²) in [6, 6.07) is 12.6. The molecule has 8 heteroatoms. The van der Waals surface area contributed by atoms with Crippen LogP contribution in [0.4, 0.5) is 11.4 Å². The molecular formula is C23H27N3O5. The highest BCUT2D eigenvalue weighted by Gasteiger charge is 2.30. The van der Waals surface area contributed by atoms with E-state index in [0.29, 0.717) is 38.2 Å². The van der Waals surface area contributed by atoms with Crippen LogP contribution < -0.4 is 19.7 Å². The number of anilines is 1. The van der Waals surface area contributed by atoms with Crippen LogP contribution in [0.3, 0.4) is 0 Å². The molecule has 0 radical (unpaired) electrons. The number of nitrogens with one attached hydrogen (secondary N) is 1. The summed E-state index contributed by atoms with van der Waals surface area (Å²) in [7, 11) is 0. The van der Waals surface area contributed by atoms with E-state index in [1.807, 2.05) is 23.1 Å². The molecule has 8 nitrogen and oxygen atoms in total. The zero-order valence-electron chi connectivity index (χ0n) is 17.8. The lowest BCUT2D eigenvalue weighted by Crippen LogP contribution is -2.44. The highest BCUT2D eigenvalue weighted by atomic mass is 16.7. The van der Waals surface area contributed by atoms with Crippen LogP contribution in [0.25, 0.3) is 0 Å². The van der Waals surface area contributed by atoms with Crippen molar-refractivity contribution in [2.24, 2.45) is 5.92 Å². The maximum atomic E-state index is 12.8. The van der Waals surface area contributed by atoms with Crippen molar-refractivity contribution >= 4 is 17.3 Å². The molecule has 2 aromatic rings. The van der Waals surface area contributed by atoms with E-state index in [2.05, 4.69) is 19.2 Å². The number of ether oxygens (including phenoxy) is 2. The summed E-state index contributed by atoms with van der Waals surface area (Å²) < 4.78 is 10.8. The van der Waals surface area contributed by atoms with Crippen LogP contribution >= 0.6 is 0 Å². The van der Waals surface area contributed by atoms with Gasteiger partial charge in [-0.05, 0) is 36.6 Å². The van der Waals surface area contributed by atoms with Gasteiger partial charge in [0, 0.05) is 37.0 Å². The van der Waals surface area contributed by atoms with Crippen LogP contribution in [0.15, 0.2) is 42.5 Å². The molecule has 1 N–H and O–H groups in total. The average Bonchev–Trinajstić information content (AvgIpc) is 3.25. The fourth-order valence-electron chi connectivity index (χ4n) is 4.14. The number of nitrogens with zero attached hydrogens (tertiary/aromatic N) is 2. The standard InChI is InChI=1S/C23H27N3O5/c1-23(2,17-7-8-20-21(13-17)31-15-30-20)14-24-22(27)16-9-11-25(12-10-16)18-5-3-4-6-19(18)26(28)29/h3-8,13,16H,9-12,14-15H2,1-2H3,(H,24,27). The normalized spacial score (nSPS) is 16.3. The topological polar surface area (TPSA) is 93.9 Å². The molecule has 0 bridgehead atoms. The van der Waals surface area contributed by atoms with E-state index in [0.717, 1.165) is 17.1 Å². The van der Waals surface area contributed by atoms with E-state index in [1.54, 1.807) is 18.2 Å². The lowest BCUT2D eigenvalue weighted by Gasteiger charge is -2.33. The molecule has 1 fully saturated rings. The van der Waals surface area contributed by atoms with E-state index in [9.17, 15) is 14.9 Å². The number of benzene rings is 2. The first-order valence-corrected chi connectivity index (χ1v) is 10.5. The van der Waals surface area contributed by atoms with Gasteiger partial charge in [-0.2, -0.15) is 0 Å². The Labute approximate surface area is 181 Å². The minimum absolute atomic E-state index is 0.0380. The largest absolute Gasteiger partial charge is 0.454 e. The van der Waals surface area contributed by atoms with Crippen LogP contribution in [-0.2, 0) is 10.2 Å². The number of fused-ring (bicyclic) bond motifs is 1. The highest BCUT2D eigenvalue weighted by Crippen LogP contribution is 2.36. The summed E-state index contributed by atoms with van der Waals surface area (Å²) in [4.78, 5) is 25.7. The number of hydrogen-bond donors (Lipinski definition) is 1. The molecule has 2 aromatic carbocycles. The zero-order chi connectivity index (χ0) is 22.0. The van der Waals surface area contributed by atoms with Crippen molar-refractivity contribution in [1.29, 1.82) is 0 Å². The van der Waals surface area contributed by atoms with Gasteiger partial charge in [0.2, 0.25) is 12.7 Å². The number of nitro benzene ring substituents is 1. The van der Waals surface area contributed by atoms with Gasteiger partial charge in [-0.1, -0.05) is 32.0 Å². The molecule has 1 amide bonds. The molecule has 164 valence electrons. The van der Waals surface area contributed by atoms with Gasteiger partial charge in [0.05, 0.1) is 4.92 Å². The van der Waals surface area contributed by atoms with E-state index < -0.39 is 0 Å². The van der Waals surface area contributed by atoms with Gasteiger partial charge >= 0.3 is 0 Å². The summed E-state index contributed by atoms with van der Waals surface area (Å²) >= 11 is 0. The van der Waals surface area contributed by atoms with Crippen LogP contribution in [0.5, 0.6) is 11.5 Å². The summed E-state index contributed by atoms with van der Waals surface area (Å²) in [5, 5.41) is 14.4. The molecule has 0 atom stereocenters. The van der Waals surface area contributed by atoms with Crippen molar-refractivity contribution < 1.29 is 19.2 Å². The van der Waals surface area contributed by atoms with Gasteiger partial charge in [-0.3, -0.25) is 14.9 Å². The highest BCUT2D eigenvalue weighted by molar-refractivity contribution is 5.79. The van der Waals surface area contributed by atoms with Gasteiger partial charge in [0.25, 0.3) is 5.69 Å². The first kappa shape index (κ1) is 21.0. The van der Waals surface area contributed by atoms with Crippen molar-refractivity contribution in [2.45, 2.75) is 32.1 Å². The lowest BCUT2D eigenvalue weighted by atomic mass is 9.84. The number of rotatable bonds is 6. The predicted molar refractivity (Wildman–Crippen MR) is 117 cm³/mol. The van der Waals surface area contributed by atoms with Gasteiger partial charge < -0.3 is 19.7 Å². The van der Waals surface area contributed by atoms with Gasteiger partial charge in [-0.25, -0.2) is 0 Å². The van der Waals surface area contributed by atoms with E-state index >= 15 is 0 Å². The van der Waals surface area contributed by atoms with Crippen LogP contribution in [0.1, 0.15) is 32.3 Å². The Balaban J connectivity index is 1.33. The average molecular weight is 425 g/mol. The van der Waals surface area contributed by atoms with Gasteiger partial charge in [-0.15, -0.1) is 0 Å². The summed E-state index contributed by atoms with van der Waals surface area (Å²) in [6.45, 7) is 6.16. The molecule has 0 aromatic heterocycles. The van der Waals surface area contributed by atoms with Crippen molar-refractivity contribution in [3.05, 3.63) is 58.1 Å². The molecular weight excluding hydrogens is 398 g/mol. The predicted octanol–water partition coefficient (Wildman–Crippen LogP) is 3.63. The van der Waals surface area contributed by atoms with Crippen molar-refractivity contribution in [3.8, 4) is 11.5 Å². The summed E-state index contributed by atoms with van der Waals surface area (Å²) in [5.41, 5.74) is 1.54. The van der Waals surface area contributed by atoms with Gasteiger partial charge in [0.15, 0.2) is 11.5 Å². The molecule has 0 saturated carbocycles. The van der Waals surface area contributed by atoms with Crippen molar-refractivity contribution in [2.75, 3.05) is 31.3 Å². The van der Waals surface area contributed by atoms with Gasteiger partial charge in [0.1, 0.15) is 5.69 Å². The van der Waals surface area contributed by atoms with Crippen LogP contribution in [0.2, 0.25) is 0 Å². The molecule has 0 aliphatic carbocycles. The minimum atomic E-state index is -0.355. The first-order valence-electron chi connectivity index (χ1n) is 10.5. The molecule has 0 unspecified atom stereocenters. The second-order valence-corrected chi connectivity index (χ2v) is 8.68. The molecule has 4 rings (SSSR count). The monoisotopic (exact) mass is 425 g/mol. The number of nitro groups is 1. The summed E-state index contributed by atoms with van der Waals surface area (Å²) in [6.07, 6.45) is 1.34. The fraction of sp³-hybridized carbons (Fsp3) is 0.435. The lowest BCUT2D eigenvalue weighted by molar-refractivity contribution is -0.384. The second-order valence-electron chi connectivity index (χ2n) is 8.68. The number of para-hydroxylation sites is 2. The third-order valence-corrected chi connectivity index (χ3v) is 6.14. The molecule has 2 heterocycles. The molecule has 1 saturated heterocycles. The number of piperidine rings is 1. The number of carbonyl (C=O) groups is 1. The first-order chi connectivity index (χ1) is 14.8. The Bertz CT molecular complexity index is 983. The van der Waals surface area contributed by atoms with E-state index in [-0.39, 0.29) is 34.6 Å². The minimum Gasteiger partial charge on any atom is -0.454 e. The Morgan fingerprint density at radius 2 is 1.87 bits per heavy atom. The molecule has 2 aliphatic heterocycles. The summed E-state index contributed by atoms with van der Waals surface area (Å²) in [5.74, 6) is 1.43. The molecule has 2 aliphatic rings. The molecule has 0 spiro atoms. The number of hydrogen-bond acceptors (Lipinski definition) is 6. The quantitative estimate of drug-likeness (QED) is 0.561.